The fourth-order valence-corrected chi connectivity index (χ4v) is 4.98. The normalized spacial score (nSPS) is 15.0. The number of thiazole rings is 1. The Morgan fingerprint density at radius 3 is 2.55 bits per heavy atom. The largest absolute Gasteiger partial charge is 0.444 e. The van der Waals surface area contributed by atoms with Gasteiger partial charge in [-0.1, -0.05) is 11.3 Å². The van der Waals surface area contributed by atoms with E-state index in [1.165, 1.54) is 17.4 Å². The van der Waals surface area contributed by atoms with Crippen molar-refractivity contribution in [3.8, 4) is 11.3 Å². The van der Waals surface area contributed by atoms with E-state index in [1.807, 2.05) is 26.8 Å². The van der Waals surface area contributed by atoms with Crippen LogP contribution in [0, 0.1) is 5.82 Å². The number of nitrogens with one attached hydrogen (secondary N) is 2. The van der Waals surface area contributed by atoms with Crippen molar-refractivity contribution in [2.45, 2.75) is 58.0 Å². The Labute approximate surface area is 222 Å². The minimum Gasteiger partial charge on any atom is -0.444 e. The van der Waals surface area contributed by atoms with Gasteiger partial charge in [0, 0.05) is 54.2 Å². The highest BCUT2D eigenvalue weighted by atomic mass is 32.1. The lowest BCUT2D eigenvalue weighted by Crippen LogP contribution is -2.46. The molecule has 1 aromatic carbocycles. The number of rotatable bonds is 6. The summed E-state index contributed by atoms with van der Waals surface area (Å²) < 4.78 is 58.6. The van der Waals surface area contributed by atoms with Crippen LogP contribution in [0.4, 0.5) is 33.2 Å². The van der Waals surface area contributed by atoms with Gasteiger partial charge in [0.25, 0.3) is 0 Å². The molecule has 7 nitrogen and oxygen atoms in total. The van der Waals surface area contributed by atoms with Crippen molar-refractivity contribution in [3.05, 3.63) is 59.0 Å². The van der Waals surface area contributed by atoms with Crippen LogP contribution in [-0.4, -0.2) is 45.7 Å². The van der Waals surface area contributed by atoms with E-state index in [0.717, 1.165) is 35.4 Å². The standard InChI is InChI=1S/C26H29F4N5O2S/c1-25(2,3)37-24(36)35-11-8-17(9-12-35)32-15-21-22(16-5-4-10-31-14-16)34-23(38-21)33-18-6-7-20(27)19(13-18)26(28,29)30/h4-7,10,13-14,17,32H,8-9,11-12,15H2,1-3H3,(H,33,34). The summed E-state index contributed by atoms with van der Waals surface area (Å²) in [6.07, 6.45) is -0.311. The SMILES string of the molecule is CC(C)(C)OC(=O)N1CCC(NCc2sc(Nc3ccc(F)c(C(F)(F)F)c3)nc2-c2cccnc2)CC1. The third kappa shape index (κ3) is 7.19. The number of pyridine rings is 1. The molecule has 1 fully saturated rings. The predicted octanol–water partition coefficient (Wildman–Crippen LogP) is 6.60. The molecule has 4 rings (SSSR count). The number of ether oxygens (including phenoxy) is 1. The lowest BCUT2D eigenvalue weighted by Gasteiger charge is -2.33. The molecular weight excluding hydrogens is 522 g/mol. The summed E-state index contributed by atoms with van der Waals surface area (Å²) in [7, 11) is 0. The molecule has 2 N–H and O–H groups in total. The summed E-state index contributed by atoms with van der Waals surface area (Å²) in [6.45, 7) is 7.12. The van der Waals surface area contributed by atoms with Gasteiger partial charge in [-0.05, 0) is 63.9 Å². The number of likely N-dealkylation sites (tertiary alicyclic amines) is 1. The summed E-state index contributed by atoms with van der Waals surface area (Å²) in [5.74, 6) is -1.33. The third-order valence-corrected chi connectivity index (χ3v) is 6.82. The maximum absolute atomic E-state index is 13.7. The first-order chi connectivity index (χ1) is 17.9. The monoisotopic (exact) mass is 551 g/mol. The average Bonchev–Trinajstić information content (AvgIpc) is 3.25. The van der Waals surface area contributed by atoms with E-state index in [0.29, 0.717) is 30.5 Å². The summed E-state index contributed by atoms with van der Waals surface area (Å²) in [4.78, 5) is 23.7. The van der Waals surface area contributed by atoms with Gasteiger partial charge in [0.15, 0.2) is 5.13 Å². The quantitative estimate of drug-likeness (QED) is 0.336. The molecule has 0 spiro atoms. The van der Waals surface area contributed by atoms with Crippen LogP contribution in [0.15, 0.2) is 42.7 Å². The highest BCUT2D eigenvalue weighted by Gasteiger charge is 2.34. The Hall–Kier alpha value is -3.25. The van der Waals surface area contributed by atoms with Crippen LogP contribution < -0.4 is 10.6 Å². The van der Waals surface area contributed by atoms with Crippen molar-refractivity contribution in [2.75, 3.05) is 18.4 Å². The van der Waals surface area contributed by atoms with Crippen molar-refractivity contribution >= 4 is 28.2 Å². The van der Waals surface area contributed by atoms with E-state index in [4.69, 9.17) is 4.74 Å². The van der Waals surface area contributed by atoms with Gasteiger partial charge in [0.2, 0.25) is 0 Å². The number of nitrogens with zero attached hydrogens (tertiary/aromatic N) is 3. The van der Waals surface area contributed by atoms with Crippen molar-refractivity contribution in [3.63, 3.8) is 0 Å². The smallest absolute Gasteiger partial charge is 0.419 e. The molecule has 0 bridgehead atoms. The van der Waals surface area contributed by atoms with Crippen LogP contribution in [0.1, 0.15) is 44.1 Å². The summed E-state index contributed by atoms with van der Waals surface area (Å²) in [5.41, 5.74) is -0.383. The van der Waals surface area contributed by atoms with E-state index in [9.17, 15) is 22.4 Å². The number of piperidine rings is 1. The molecule has 204 valence electrons. The molecule has 12 heteroatoms. The highest BCUT2D eigenvalue weighted by molar-refractivity contribution is 7.16. The Kier molecular flexibility index (Phi) is 8.22. The molecular formula is C26H29F4N5O2S. The van der Waals surface area contributed by atoms with Crippen LogP contribution in [0.2, 0.25) is 0 Å². The molecule has 3 heterocycles. The molecule has 0 saturated carbocycles. The van der Waals surface area contributed by atoms with Gasteiger partial charge in [0.1, 0.15) is 11.4 Å². The number of anilines is 2. The van der Waals surface area contributed by atoms with Crippen LogP contribution in [0.3, 0.4) is 0 Å². The summed E-state index contributed by atoms with van der Waals surface area (Å²) in [5, 5.41) is 6.77. The Morgan fingerprint density at radius 2 is 1.92 bits per heavy atom. The topological polar surface area (TPSA) is 79.4 Å². The van der Waals surface area contributed by atoms with Crippen LogP contribution >= 0.6 is 11.3 Å². The van der Waals surface area contributed by atoms with Crippen LogP contribution in [-0.2, 0) is 17.5 Å². The molecule has 1 aliphatic rings. The van der Waals surface area contributed by atoms with E-state index in [2.05, 4.69) is 20.6 Å². The predicted molar refractivity (Wildman–Crippen MR) is 138 cm³/mol. The molecule has 0 aliphatic carbocycles. The van der Waals surface area contributed by atoms with Crippen molar-refractivity contribution < 1.29 is 27.1 Å². The first-order valence-corrected chi connectivity index (χ1v) is 13.0. The Morgan fingerprint density at radius 1 is 1.18 bits per heavy atom. The summed E-state index contributed by atoms with van der Waals surface area (Å²) in [6, 6.07) is 6.56. The first-order valence-electron chi connectivity index (χ1n) is 12.1. The molecule has 0 atom stereocenters. The van der Waals surface area contributed by atoms with E-state index < -0.39 is 23.2 Å². The second-order valence-electron chi connectivity index (χ2n) is 9.97. The van der Waals surface area contributed by atoms with E-state index >= 15 is 0 Å². The van der Waals surface area contributed by atoms with E-state index in [-0.39, 0.29) is 17.8 Å². The summed E-state index contributed by atoms with van der Waals surface area (Å²) >= 11 is 1.30. The van der Waals surface area contributed by atoms with Gasteiger partial charge in [-0.2, -0.15) is 13.2 Å². The number of benzene rings is 1. The number of carbonyl (C=O) groups is 1. The maximum Gasteiger partial charge on any atom is 0.419 e. The average molecular weight is 552 g/mol. The first kappa shape index (κ1) is 27.8. The van der Waals surface area contributed by atoms with Crippen LogP contribution in [0.5, 0.6) is 0 Å². The molecule has 3 aromatic rings. The lowest BCUT2D eigenvalue weighted by molar-refractivity contribution is -0.139. The molecule has 1 aliphatic heterocycles. The molecule has 2 aromatic heterocycles. The van der Waals surface area contributed by atoms with Gasteiger partial charge in [-0.25, -0.2) is 14.2 Å². The third-order valence-electron chi connectivity index (χ3n) is 5.85. The Bertz CT molecular complexity index is 1250. The van der Waals surface area contributed by atoms with Gasteiger partial charge in [-0.15, -0.1) is 0 Å². The minimum absolute atomic E-state index is 0.0826. The molecule has 0 radical (unpaired) electrons. The van der Waals surface area contributed by atoms with Crippen molar-refractivity contribution in [1.82, 2.24) is 20.2 Å². The number of alkyl halides is 3. The molecule has 0 unspecified atom stereocenters. The van der Waals surface area contributed by atoms with Crippen LogP contribution in [0.25, 0.3) is 11.3 Å². The van der Waals surface area contributed by atoms with Gasteiger partial charge in [0.05, 0.1) is 11.3 Å². The fourth-order valence-electron chi connectivity index (χ4n) is 4.03. The number of amides is 1. The van der Waals surface area contributed by atoms with Crippen molar-refractivity contribution in [2.24, 2.45) is 0 Å². The number of hydrogen-bond donors (Lipinski definition) is 2. The maximum atomic E-state index is 13.7. The van der Waals surface area contributed by atoms with Crippen molar-refractivity contribution in [1.29, 1.82) is 0 Å². The second-order valence-corrected chi connectivity index (χ2v) is 11.1. The zero-order valence-electron chi connectivity index (χ0n) is 21.2. The fraction of sp³-hybridized carbons (Fsp3) is 0.423. The van der Waals surface area contributed by atoms with Gasteiger partial charge in [-0.3, -0.25) is 4.98 Å². The number of carbonyl (C=O) groups excluding carboxylic acids is 1. The second kappa shape index (κ2) is 11.2. The number of aromatic nitrogens is 2. The number of halogens is 4. The molecule has 38 heavy (non-hydrogen) atoms. The zero-order chi connectivity index (χ0) is 27.5. The van der Waals surface area contributed by atoms with E-state index in [1.54, 1.807) is 23.4 Å². The highest BCUT2D eigenvalue weighted by Crippen LogP contribution is 2.36. The molecule has 1 amide bonds. The lowest BCUT2D eigenvalue weighted by atomic mass is 10.1. The molecule has 1 saturated heterocycles. The minimum atomic E-state index is -4.81. The van der Waals surface area contributed by atoms with Gasteiger partial charge < -0.3 is 20.3 Å². The van der Waals surface area contributed by atoms with Gasteiger partial charge >= 0.3 is 12.3 Å². The number of hydrogen-bond acceptors (Lipinski definition) is 7. The zero-order valence-corrected chi connectivity index (χ0v) is 22.0. The Balaban J connectivity index is 1.46.